The smallest absolute Gasteiger partial charge is 0.306 e. The normalized spacial score (nSPS) is 21.1. The van der Waals surface area contributed by atoms with Crippen LogP contribution in [0.5, 0.6) is 0 Å². The molecule has 108 valence electrons. The zero-order chi connectivity index (χ0) is 14.9. The fourth-order valence-electron chi connectivity index (χ4n) is 2.59. The minimum atomic E-state index is -0.753. The number of nitrogens with zero attached hydrogens (tertiary/aromatic N) is 1. The summed E-state index contributed by atoms with van der Waals surface area (Å²) in [6, 6.07) is 6.19. The third-order valence-corrected chi connectivity index (χ3v) is 4.25. The maximum atomic E-state index is 12.3. The summed E-state index contributed by atoms with van der Waals surface area (Å²) in [5, 5.41) is 8.87. The lowest BCUT2D eigenvalue weighted by Crippen LogP contribution is -2.48. The van der Waals surface area contributed by atoms with Crippen LogP contribution in [-0.2, 0) is 16.0 Å². The average molecular weight is 275 g/mol. The number of aliphatic carboxylic acids is 1. The van der Waals surface area contributed by atoms with Crippen LogP contribution < -0.4 is 0 Å². The number of hydrogen-bond donors (Lipinski definition) is 1. The molecule has 0 heterocycles. The molecule has 4 nitrogen and oxygen atoms in total. The molecule has 0 saturated heterocycles. The first-order valence-corrected chi connectivity index (χ1v) is 6.93. The highest BCUT2D eigenvalue weighted by Gasteiger charge is 2.38. The number of rotatable bonds is 4. The second-order valence-corrected chi connectivity index (χ2v) is 5.77. The number of benzene rings is 1. The number of carbonyl (C=O) groups excluding carboxylic acids is 1. The molecular formula is C16H21NO3. The minimum Gasteiger partial charge on any atom is -0.481 e. The Labute approximate surface area is 119 Å². The zero-order valence-corrected chi connectivity index (χ0v) is 12.2. The summed E-state index contributed by atoms with van der Waals surface area (Å²) in [5.41, 5.74) is 3.32. The van der Waals surface area contributed by atoms with Gasteiger partial charge in [0.25, 0.3) is 0 Å². The van der Waals surface area contributed by atoms with Crippen molar-refractivity contribution in [2.75, 3.05) is 7.05 Å². The van der Waals surface area contributed by atoms with Crippen molar-refractivity contribution < 1.29 is 14.7 Å². The van der Waals surface area contributed by atoms with Gasteiger partial charge in [0, 0.05) is 13.1 Å². The summed E-state index contributed by atoms with van der Waals surface area (Å²) in [6.07, 6.45) is 1.53. The third-order valence-electron chi connectivity index (χ3n) is 4.25. The van der Waals surface area contributed by atoms with E-state index in [4.69, 9.17) is 5.11 Å². The lowest BCUT2D eigenvalue weighted by atomic mass is 9.79. The Kier molecular flexibility index (Phi) is 4.12. The van der Waals surface area contributed by atoms with E-state index in [9.17, 15) is 9.59 Å². The predicted molar refractivity (Wildman–Crippen MR) is 76.5 cm³/mol. The van der Waals surface area contributed by atoms with E-state index in [1.807, 2.05) is 32.0 Å². The molecule has 0 aliphatic heterocycles. The molecule has 0 unspecified atom stereocenters. The van der Waals surface area contributed by atoms with Gasteiger partial charge < -0.3 is 10.0 Å². The number of hydrogen-bond acceptors (Lipinski definition) is 2. The molecule has 1 N–H and O–H groups in total. The van der Waals surface area contributed by atoms with Crippen LogP contribution >= 0.6 is 0 Å². The highest BCUT2D eigenvalue weighted by atomic mass is 16.4. The van der Waals surface area contributed by atoms with Crippen molar-refractivity contribution in [1.82, 2.24) is 4.90 Å². The Morgan fingerprint density at radius 2 is 1.95 bits per heavy atom. The second-order valence-electron chi connectivity index (χ2n) is 5.77. The van der Waals surface area contributed by atoms with E-state index in [0.29, 0.717) is 19.3 Å². The Hall–Kier alpha value is -1.84. The van der Waals surface area contributed by atoms with E-state index in [2.05, 4.69) is 0 Å². The van der Waals surface area contributed by atoms with Crippen LogP contribution in [0.3, 0.4) is 0 Å². The van der Waals surface area contributed by atoms with Crippen molar-refractivity contribution >= 4 is 11.9 Å². The summed E-state index contributed by atoms with van der Waals surface area (Å²) in [4.78, 5) is 24.8. The van der Waals surface area contributed by atoms with Crippen molar-refractivity contribution in [3.8, 4) is 0 Å². The van der Waals surface area contributed by atoms with Crippen LogP contribution in [-0.4, -0.2) is 35.0 Å². The molecule has 0 spiro atoms. The van der Waals surface area contributed by atoms with Gasteiger partial charge in [-0.2, -0.15) is 0 Å². The third kappa shape index (κ3) is 3.00. The van der Waals surface area contributed by atoms with Gasteiger partial charge in [0.1, 0.15) is 0 Å². The van der Waals surface area contributed by atoms with Crippen LogP contribution in [0.1, 0.15) is 29.5 Å². The molecular weight excluding hydrogens is 254 g/mol. The van der Waals surface area contributed by atoms with Gasteiger partial charge in [-0.3, -0.25) is 9.59 Å². The first-order valence-electron chi connectivity index (χ1n) is 6.93. The molecule has 1 aromatic carbocycles. The van der Waals surface area contributed by atoms with Crippen LogP contribution in [0, 0.1) is 19.8 Å². The van der Waals surface area contributed by atoms with Crippen LogP contribution in [0.25, 0.3) is 0 Å². The molecule has 0 aromatic heterocycles. The monoisotopic (exact) mass is 275 g/mol. The van der Waals surface area contributed by atoms with Gasteiger partial charge in [0.05, 0.1) is 12.3 Å². The molecule has 1 aliphatic carbocycles. The predicted octanol–water partition coefficient (Wildman–Crippen LogP) is 2.17. The second kappa shape index (κ2) is 5.65. The zero-order valence-electron chi connectivity index (χ0n) is 12.2. The highest BCUT2D eigenvalue weighted by Crippen LogP contribution is 2.31. The Morgan fingerprint density at radius 3 is 2.55 bits per heavy atom. The van der Waals surface area contributed by atoms with Gasteiger partial charge in [-0.15, -0.1) is 0 Å². The van der Waals surface area contributed by atoms with Gasteiger partial charge >= 0.3 is 5.97 Å². The number of likely N-dealkylation sites (N-methyl/N-ethyl adjacent to an activating group) is 1. The molecule has 1 aliphatic rings. The van der Waals surface area contributed by atoms with E-state index in [1.165, 1.54) is 0 Å². The molecule has 1 saturated carbocycles. The SMILES string of the molecule is Cc1ccc(C)c(CC(=O)N(C)C2CC(C(=O)O)C2)c1. The van der Waals surface area contributed by atoms with E-state index >= 15 is 0 Å². The molecule has 1 fully saturated rings. The molecule has 4 heteroatoms. The Morgan fingerprint density at radius 1 is 1.30 bits per heavy atom. The fourth-order valence-corrected chi connectivity index (χ4v) is 2.59. The molecule has 0 bridgehead atoms. The van der Waals surface area contributed by atoms with Crippen LogP contribution in [0.4, 0.5) is 0 Å². The Balaban J connectivity index is 1.95. The van der Waals surface area contributed by atoms with E-state index in [-0.39, 0.29) is 17.9 Å². The number of carboxylic acids is 1. The van der Waals surface area contributed by atoms with Gasteiger partial charge in [0.15, 0.2) is 0 Å². The van der Waals surface area contributed by atoms with E-state index < -0.39 is 5.97 Å². The van der Waals surface area contributed by atoms with E-state index in [1.54, 1.807) is 11.9 Å². The maximum Gasteiger partial charge on any atom is 0.306 e. The largest absolute Gasteiger partial charge is 0.481 e. The fraction of sp³-hybridized carbons (Fsp3) is 0.500. The molecule has 1 amide bonds. The van der Waals surface area contributed by atoms with Crippen molar-refractivity contribution in [3.63, 3.8) is 0 Å². The van der Waals surface area contributed by atoms with Gasteiger partial charge in [-0.05, 0) is 37.8 Å². The minimum absolute atomic E-state index is 0.0625. The molecule has 0 atom stereocenters. The van der Waals surface area contributed by atoms with Crippen molar-refractivity contribution in [3.05, 3.63) is 34.9 Å². The Bertz CT molecular complexity index is 533. The molecule has 2 rings (SSSR count). The number of carbonyl (C=O) groups is 2. The molecule has 0 radical (unpaired) electrons. The average Bonchev–Trinajstić information content (AvgIpc) is 2.31. The van der Waals surface area contributed by atoms with Crippen molar-refractivity contribution in [1.29, 1.82) is 0 Å². The first-order chi connectivity index (χ1) is 9.38. The van der Waals surface area contributed by atoms with Crippen molar-refractivity contribution in [2.24, 2.45) is 5.92 Å². The van der Waals surface area contributed by atoms with Gasteiger partial charge in [-0.25, -0.2) is 0 Å². The summed E-state index contributed by atoms with van der Waals surface area (Å²) in [7, 11) is 1.77. The molecule has 20 heavy (non-hydrogen) atoms. The number of carboxylic acid groups (broad SMARTS) is 1. The summed E-state index contributed by atoms with van der Waals surface area (Å²) in [5.74, 6) is -0.972. The van der Waals surface area contributed by atoms with Gasteiger partial charge in [-0.1, -0.05) is 23.8 Å². The van der Waals surface area contributed by atoms with Gasteiger partial charge in [0.2, 0.25) is 5.91 Å². The van der Waals surface area contributed by atoms with Crippen LogP contribution in [0.2, 0.25) is 0 Å². The summed E-state index contributed by atoms with van der Waals surface area (Å²) in [6.45, 7) is 4.02. The quantitative estimate of drug-likeness (QED) is 0.916. The highest BCUT2D eigenvalue weighted by molar-refractivity contribution is 5.80. The summed E-state index contributed by atoms with van der Waals surface area (Å²) < 4.78 is 0. The topological polar surface area (TPSA) is 57.6 Å². The number of amides is 1. The van der Waals surface area contributed by atoms with Crippen molar-refractivity contribution in [2.45, 2.75) is 39.2 Å². The standard InChI is InChI=1S/C16H21NO3/c1-10-4-5-11(2)12(6-10)9-15(18)17(3)14-7-13(8-14)16(19)20/h4-6,13-14H,7-9H2,1-3H3,(H,19,20). The number of aryl methyl sites for hydroxylation is 2. The molecule has 1 aromatic rings. The lowest BCUT2D eigenvalue weighted by Gasteiger charge is -2.39. The maximum absolute atomic E-state index is 12.3. The van der Waals surface area contributed by atoms with E-state index in [0.717, 1.165) is 16.7 Å². The summed E-state index contributed by atoms with van der Waals surface area (Å²) >= 11 is 0. The van der Waals surface area contributed by atoms with Crippen LogP contribution in [0.15, 0.2) is 18.2 Å². The lowest BCUT2D eigenvalue weighted by molar-refractivity contribution is -0.149. The first kappa shape index (κ1) is 14.6.